The third-order valence-electron chi connectivity index (χ3n) is 5.33. The number of halogens is 1. The lowest BCUT2D eigenvalue weighted by atomic mass is 9.41. The first kappa shape index (κ1) is 16.4. The number of aryl methyl sites for hydroxylation is 1. The van der Waals surface area contributed by atoms with Crippen LogP contribution in [0, 0.1) is 17.0 Å². The molecule has 0 atom stereocenters. The number of thiazole rings is 1. The summed E-state index contributed by atoms with van der Waals surface area (Å²) >= 11 is 1.54. The summed E-state index contributed by atoms with van der Waals surface area (Å²) in [5, 5.41) is 17.3. The van der Waals surface area contributed by atoms with Gasteiger partial charge in [0.15, 0.2) is 10.8 Å². The number of hydrogen-bond acceptors (Lipinski definition) is 5. The highest BCUT2D eigenvalue weighted by Gasteiger charge is 2.27. The van der Waals surface area contributed by atoms with E-state index in [4.69, 9.17) is 10.2 Å². The molecule has 1 aliphatic heterocycles. The van der Waals surface area contributed by atoms with Crippen LogP contribution in [-0.2, 0) is 7.05 Å². The molecule has 0 N–H and O–H groups in total. The Morgan fingerprint density at radius 1 is 1.26 bits per heavy atom. The van der Waals surface area contributed by atoms with E-state index < -0.39 is 0 Å². The van der Waals surface area contributed by atoms with E-state index in [1.165, 1.54) is 10.9 Å². The average Bonchev–Trinajstić information content (AvgIpc) is 3.34. The Balaban J connectivity index is 1.46. The van der Waals surface area contributed by atoms with E-state index in [1.54, 1.807) is 18.4 Å². The van der Waals surface area contributed by atoms with Gasteiger partial charge in [0.05, 0.1) is 10.6 Å². The molecule has 0 amide bonds. The minimum Gasteiger partial charge on any atom is -0.297 e. The third-order valence-corrected chi connectivity index (χ3v) is 6.37. The molecule has 27 heavy (non-hydrogen) atoms. The monoisotopic (exact) mass is 378 g/mol. The number of benzene rings is 1. The molecule has 1 fully saturated rings. The quantitative estimate of drug-likeness (QED) is 0.496. The van der Waals surface area contributed by atoms with E-state index in [0.717, 1.165) is 46.6 Å². The standard InChI is InChI=1S/C18H16BFN6S/c1-25-23-14-7-12(6-13(20)17(14)24-25)16-9-26-8-15(22-18(26)27-16)11-2-4-19(10-21)5-3-11/h6-9,11H,2-5H2,1H3. The minimum atomic E-state index is -0.364. The molecule has 1 aliphatic rings. The lowest BCUT2D eigenvalue weighted by molar-refractivity contribution is 0.598. The molecule has 1 saturated heterocycles. The fourth-order valence-corrected chi connectivity index (χ4v) is 4.85. The summed E-state index contributed by atoms with van der Waals surface area (Å²) in [6.45, 7) is 0.197. The van der Waals surface area contributed by atoms with Gasteiger partial charge in [0, 0.05) is 31.3 Å². The molecule has 0 unspecified atom stereocenters. The van der Waals surface area contributed by atoms with Crippen molar-refractivity contribution in [2.45, 2.75) is 31.4 Å². The van der Waals surface area contributed by atoms with Crippen molar-refractivity contribution < 1.29 is 4.39 Å². The second-order valence-electron chi connectivity index (χ2n) is 7.14. The van der Waals surface area contributed by atoms with Crippen LogP contribution in [0.25, 0.3) is 26.4 Å². The fraction of sp³-hybridized carbons (Fsp3) is 0.333. The van der Waals surface area contributed by atoms with Crippen molar-refractivity contribution in [3.63, 3.8) is 0 Å². The predicted octanol–water partition coefficient (Wildman–Crippen LogP) is 3.92. The number of nitrogens with zero attached hydrogens (tertiary/aromatic N) is 6. The zero-order valence-corrected chi connectivity index (χ0v) is 15.6. The van der Waals surface area contributed by atoms with E-state index in [9.17, 15) is 4.39 Å². The molecule has 1 aromatic carbocycles. The summed E-state index contributed by atoms with van der Waals surface area (Å²) < 4.78 is 16.4. The van der Waals surface area contributed by atoms with Gasteiger partial charge in [-0.2, -0.15) is 15.0 Å². The summed E-state index contributed by atoms with van der Waals surface area (Å²) in [4.78, 5) is 8.03. The van der Waals surface area contributed by atoms with Gasteiger partial charge in [-0.3, -0.25) is 4.40 Å². The highest BCUT2D eigenvalue weighted by atomic mass is 32.1. The van der Waals surface area contributed by atoms with Gasteiger partial charge in [-0.15, -0.1) is 0 Å². The summed E-state index contributed by atoms with van der Waals surface area (Å²) in [7, 11) is 1.68. The zero-order valence-electron chi connectivity index (χ0n) is 14.8. The minimum absolute atomic E-state index is 0.197. The predicted molar refractivity (Wildman–Crippen MR) is 103 cm³/mol. The molecule has 0 saturated carbocycles. The molecule has 0 aliphatic carbocycles. The first-order chi connectivity index (χ1) is 13.1. The van der Waals surface area contributed by atoms with E-state index in [0.29, 0.717) is 11.4 Å². The molecule has 4 aromatic rings. The Hall–Kier alpha value is -2.73. The Morgan fingerprint density at radius 2 is 2.07 bits per heavy atom. The van der Waals surface area contributed by atoms with Crippen LogP contribution < -0.4 is 0 Å². The van der Waals surface area contributed by atoms with Crippen molar-refractivity contribution in [3.05, 3.63) is 36.0 Å². The van der Waals surface area contributed by atoms with E-state index >= 15 is 0 Å². The van der Waals surface area contributed by atoms with Gasteiger partial charge >= 0.3 is 0 Å². The molecule has 6 nitrogen and oxygen atoms in total. The topological polar surface area (TPSA) is 71.8 Å². The van der Waals surface area contributed by atoms with Crippen LogP contribution in [0.4, 0.5) is 4.39 Å². The van der Waals surface area contributed by atoms with Crippen molar-refractivity contribution in [3.8, 4) is 16.4 Å². The van der Waals surface area contributed by atoms with Crippen LogP contribution in [0.2, 0.25) is 12.6 Å². The van der Waals surface area contributed by atoms with E-state index in [1.807, 2.05) is 16.7 Å². The largest absolute Gasteiger partial charge is 0.297 e. The maximum absolute atomic E-state index is 14.3. The normalized spacial score (nSPS) is 15.7. The molecule has 0 bridgehead atoms. The van der Waals surface area contributed by atoms with Crippen LogP contribution in [-0.4, -0.2) is 31.1 Å². The number of rotatable bonds is 2. The molecule has 0 radical (unpaired) electrons. The van der Waals surface area contributed by atoms with Crippen molar-refractivity contribution in [1.82, 2.24) is 24.4 Å². The number of fused-ring (bicyclic) bond motifs is 2. The fourth-order valence-electron chi connectivity index (χ4n) is 3.89. The Bertz CT molecular complexity index is 1160. The van der Waals surface area contributed by atoms with Gasteiger partial charge in [-0.05, 0) is 17.7 Å². The number of hydrogen-bond donors (Lipinski definition) is 0. The molecule has 3 aromatic heterocycles. The number of imidazole rings is 1. The van der Waals surface area contributed by atoms with Crippen LogP contribution in [0.1, 0.15) is 24.5 Å². The summed E-state index contributed by atoms with van der Waals surface area (Å²) in [6.07, 6.45) is 8.01. The number of nitriles is 1. The Labute approximate surface area is 159 Å². The zero-order chi connectivity index (χ0) is 18.5. The highest BCUT2D eigenvalue weighted by Crippen LogP contribution is 2.36. The smallest absolute Gasteiger partial charge is 0.267 e. The van der Waals surface area contributed by atoms with Crippen LogP contribution >= 0.6 is 11.3 Å². The second-order valence-corrected chi connectivity index (χ2v) is 8.15. The highest BCUT2D eigenvalue weighted by molar-refractivity contribution is 7.20. The van der Waals surface area contributed by atoms with Gasteiger partial charge in [-0.25, -0.2) is 14.6 Å². The summed E-state index contributed by atoms with van der Waals surface area (Å²) in [5.41, 5.74) is 2.72. The second kappa shape index (κ2) is 6.17. The molecule has 4 heterocycles. The molecule has 5 rings (SSSR count). The molecular formula is C18H16BFN6S. The average molecular weight is 378 g/mol. The van der Waals surface area contributed by atoms with E-state index in [-0.39, 0.29) is 18.0 Å². The van der Waals surface area contributed by atoms with E-state index in [2.05, 4.69) is 22.4 Å². The van der Waals surface area contributed by atoms with Crippen molar-refractivity contribution in [2.24, 2.45) is 7.05 Å². The summed E-state index contributed by atoms with van der Waals surface area (Å²) in [6, 6.07) is 3.37. The maximum atomic E-state index is 14.3. The van der Waals surface area contributed by atoms with Gasteiger partial charge in [0.1, 0.15) is 11.0 Å². The third kappa shape index (κ3) is 2.81. The first-order valence-corrected chi connectivity index (χ1v) is 9.81. The van der Waals surface area contributed by atoms with Gasteiger partial charge in [0.25, 0.3) is 6.71 Å². The maximum Gasteiger partial charge on any atom is 0.267 e. The SMILES string of the molecule is Cn1nc2cc(-c3cn4cc(C5CCB(C#N)CC5)nc4s3)cc(F)c2n1. The van der Waals surface area contributed by atoms with Crippen molar-refractivity contribution in [1.29, 1.82) is 5.26 Å². The van der Waals surface area contributed by atoms with Gasteiger partial charge in [-0.1, -0.05) is 36.8 Å². The lowest BCUT2D eigenvalue weighted by Crippen LogP contribution is -2.18. The Kier molecular flexibility index (Phi) is 3.76. The Morgan fingerprint density at radius 3 is 2.81 bits per heavy atom. The molecule has 0 spiro atoms. The first-order valence-electron chi connectivity index (χ1n) is 8.99. The lowest BCUT2D eigenvalue weighted by Gasteiger charge is -2.21. The molecular weight excluding hydrogens is 362 g/mol. The van der Waals surface area contributed by atoms with Gasteiger partial charge in [0.2, 0.25) is 0 Å². The van der Waals surface area contributed by atoms with Crippen molar-refractivity contribution in [2.75, 3.05) is 0 Å². The van der Waals surface area contributed by atoms with Crippen LogP contribution in [0.5, 0.6) is 0 Å². The molecule has 9 heteroatoms. The summed E-state index contributed by atoms with van der Waals surface area (Å²) in [5.74, 6) is 2.44. The molecule has 134 valence electrons. The van der Waals surface area contributed by atoms with Gasteiger partial charge < -0.3 is 0 Å². The number of aromatic nitrogens is 5. The van der Waals surface area contributed by atoms with Crippen LogP contribution in [0.3, 0.4) is 0 Å². The van der Waals surface area contributed by atoms with Crippen LogP contribution in [0.15, 0.2) is 24.5 Å². The van der Waals surface area contributed by atoms with Crippen molar-refractivity contribution >= 4 is 34.0 Å².